The van der Waals surface area contributed by atoms with Gasteiger partial charge >= 0.3 is 0 Å². The maximum Gasteiger partial charge on any atom is 0.176 e. The molecule has 2 aromatic rings. The van der Waals surface area contributed by atoms with Gasteiger partial charge in [0, 0.05) is 18.5 Å². The SMILES string of the molecule is Cn1nnc(CC(N)c2cc(F)cc(F)c2)n1. The number of nitrogens with two attached hydrogens (primary N) is 1. The summed E-state index contributed by atoms with van der Waals surface area (Å²) in [6, 6.07) is 2.63. The normalized spacial score (nSPS) is 12.7. The van der Waals surface area contributed by atoms with E-state index in [-0.39, 0.29) is 6.42 Å². The van der Waals surface area contributed by atoms with E-state index in [4.69, 9.17) is 5.73 Å². The Kier molecular flexibility index (Phi) is 3.10. The lowest BCUT2D eigenvalue weighted by Gasteiger charge is -2.09. The van der Waals surface area contributed by atoms with E-state index >= 15 is 0 Å². The van der Waals surface area contributed by atoms with Crippen molar-refractivity contribution < 1.29 is 8.78 Å². The number of nitrogens with zero attached hydrogens (tertiary/aromatic N) is 4. The molecule has 90 valence electrons. The fourth-order valence-corrected chi connectivity index (χ4v) is 1.51. The highest BCUT2D eigenvalue weighted by Gasteiger charge is 2.12. The maximum atomic E-state index is 13.0. The average molecular weight is 239 g/mol. The van der Waals surface area contributed by atoms with E-state index in [9.17, 15) is 8.78 Å². The summed E-state index contributed by atoms with van der Waals surface area (Å²) in [5.74, 6) is -0.866. The number of aromatic nitrogens is 4. The number of hydrogen-bond acceptors (Lipinski definition) is 4. The van der Waals surface area contributed by atoms with E-state index in [1.807, 2.05) is 0 Å². The fourth-order valence-electron chi connectivity index (χ4n) is 1.51. The summed E-state index contributed by atoms with van der Waals surface area (Å²) in [6.07, 6.45) is 0.275. The van der Waals surface area contributed by atoms with Crippen LogP contribution in [0.15, 0.2) is 18.2 Å². The standard InChI is InChI=1S/C10H11F2N5/c1-17-15-10(14-16-17)5-9(13)6-2-7(11)4-8(12)3-6/h2-4,9H,5,13H2,1H3. The summed E-state index contributed by atoms with van der Waals surface area (Å²) in [6.45, 7) is 0. The highest BCUT2D eigenvalue weighted by Crippen LogP contribution is 2.16. The molecular weight excluding hydrogens is 228 g/mol. The molecule has 17 heavy (non-hydrogen) atoms. The lowest BCUT2D eigenvalue weighted by atomic mass is 10.0. The van der Waals surface area contributed by atoms with Crippen molar-refractivity contribution in [1.82, 2.24) is 20.2 Å². The van der Waals surface area contributed by atoms with Crippen molar-refractivity contribution in [3.63, 3.8) is 0 Å². The Bertz CT molecular complexity index is 505. The van der Waals surface area contributed by atoms with Crippen molar-refractivity contribution in [2.75, 3.05) is 0 Å². The molecular formula is C10H11F2N5. The summed E-state index contributed by atoms with van der Waals surface area (Å²) >= 11 is 0. The zero-order valence-corrected chi connectivity index (χ0v) is 9.14. The Morgan fingerprint density at radius 1 is 1.29 bits per heavy atom. The topological polar surface area (TPSA) is 69.6 Å². The largest absolute Gasteiger partial charge is 0.324 e. The van der Waals surface area contributed by atoms with Crippen molar-refractivity contribution in [3.05, 3.63) is 41.2 Å². The van der Waals surface area contributed by atoms with Gasteiger partial charge in [-0.05, 0) is 22.9 Å². The summed E-state index contributed by atoms with van der Waals surface area (Å²) in [5, 5.41) is 11.4. The van der Waals surface area contributed by atoms with Gasteiger partial charge in [0.15, 0.2) is 5.82 Å². The van der Waals surface area contributed by atoms with E-state index in [0.717, 1.165) is 6.07 Å². The van der Waals surface area contributed by atoms with Gasteiger partial charge in [0.2, 0.25) is 0 Å². The van der Waals surface area contributed by atoms with Gasteiger partial charge in [0.05, 0.1) is 7.05 Å². The molecule has 1 aromatic heterocycles. The Hall–Kier alpha value is -1.89. The van der Waals surface area contributed by atoms with Gasteiger partial charge in [-0.25, -0.2) is 8.78 Å². The highest BCUT2D eigenvalue weighted by molar-refractivity contribution is 5.21. The first-order chi connectivity index (χ1) is 8.04. The monoisotopic (exact) mass is 239 g/mol. The van der Waals surface area contributed by atoms with Crippen molar-refractivity contribution in [2.45, 2.75) is 12.5 Å². The van der Waals surface area contributed by atoms with Crippen LogP contribution in [0.1, 0.15) is 17.4 Å². The van der Waals surface area contributed by atoms with Crippen LogP contribution in [0.3, 0.4) is 0 Å². The van der Waals surface area contributed by atoms with Crippen LogP contribution in [0.25, 0.3) is 0 Å². The quantitative estimate of drug-likeness (QED) is 0.857. The molecule has 0 radical (unpaired) electrons. The first-order valence-corrected chi connectivity index (χ1v) is 4.99. The van der Waals surface area contributed by atoms with E-state index < -0.39 is 17.7 Å². The van der Waals surface area contributed by atoms with Crippen molar-refractivity contribution in [2.24, 2.45) is 12.8 Å². The molecule has 0 aliphatic carbocycles. The minimum absolute atomic E-state index is 0.275. The lowest BCUT2D eigenvalue weighted by molar-refractivity contribution is 0.570. The van der Waals surface area contributed by atoms with Crippen LogP contribution in [0.2, 0.25) is 0 Å². The molecule has 1 aromatic carbocycles. The second-order valence-corrected chi connectivity index (χ2v) is 3.71. The predicted octanol–water partition coefficient (Wildman–Crippen LogP) is 0.731. The molecule has 0 spiro atoms. The zero-order valence-electron chi connectivity index (χ0n) is 9.14. The van der Waals surface area contributed by atoms with Crippen LogP contribution < -0.4 is 5.73 Å². The molecule has 1 atom stereocenters. The van der Waals surface area contributed by atoms with E-state index in [1.165, 1.54) is 16.9 Å². The first-order valence-electron chi connectivity index (χ1n) is 4.99. The number of hydrogen-bond donors (Lipinski definition) is 1. The predicted molar refractivity (Wildman–Crippen MR) is 55.8 cm³/mol. The van der Waals surface area contributed by atoms with Crippen LogP contribution in [0.4, 0.5) is 8.78 Å². The third-order valence-corrected chi connectivity index (χ3v) is 2.27. The van der Waals surface area contributed by atoms with Crippen LogP contribution in [-0.2, 0) is 13.5 Å². The Morgan fingerprint density at radius 2 is 1.94 bits per heavy atom. The second kappa shape index (κ2) is 4.54. The maximum absolute atomic E-state index is 13.0. The summed E-state index contributed by atoms with van der Waals surface area (Å²) < 4.78 is 26.0. The van der Waals surface area contributed by atoms with Gasteiger partial charge in [0.1, 0.15) is 11.6 Å². The average Bonchev–Trinajstić information content (AvgIpc) is 2.62. The molecule has 1 heterocycles. The van der Waals surface area contributed by atoms with Crippen molar-refractivity contribution >= 4 is 0 Å². The van der Waals surface area contributed by atoms with Crippen LogP contribution in [0, 0.1) is 11.6 Å². The lowest BCUT2D eigenvalue weighted by Crippen LogP contribution is -2.15. The molecule has 5 nitrogen and oxygen atoms in total. The van der Waals surface area contributed by atoms with E-state index in [1.54, 1.807) is 7.05 Å². The van der Waals surface area contributed by atoms with Crippen molar-refractivity contribution in [1.29, 1.82) is 0 Å². The minimum atomic E-state index is -0.650. The number of aryl methyl sites for hydroxylation is 1. The second-order valence-electron chi connectivity index (χ2n) is 3.71. The van der Waals surface area contributed by atoms with Gasteiger partial charge in [-0.2, -0.15) is 4.80 Å². The molecule has 2 N–H and O–H groups in total. The van der Waals surface area contributed by atoms with Crippen LogP contribution >= 0.6 is 0 Å². The van der Waals surface area contributed by atoms with Gasteiger partial charge < -0.3 is 5.73 Å². The van der Waals surface area contributed by atoms with Gasteiger partial charge in [0.25, 0.3) is 0 Å². The first kappa shape index (κ1) is 11.6. The van der Waals surface area contributed by atoms with Crippen LogP contribution in [-0.4, -0.2) is 20.2 Å². The summed E-state index contributed by atoms with van der Waals surface area (Å²) in [7, 11) is 1.63. The molecule has 1 unspecified atom stereocenters. The Morgan fingerprint density at radius 3 is 2.47 bits per heavy atom. The summed E-state index contributed by atoms with van der Waals surface area (Å²) in [5.41, 5.74) is 6.19. The van der Waals surface area contributed by atoms with Gasteiger partial charge in [-0.15, -0.1) is 10.2 Å². The molecule has 0 aliphatic heterocycles. The highest BCUT2D eigenvalue weighted by atomic mass is 19.1. The number of tetrazole rings is 1. The Balaban J connectivity index is 2.16. The molecule has 2 rings (SSSR count). The van der Waals surface area contributed by atoms with Gasteiger partial charge in [-0.1, -0.05) is 0 Å². The van der Waals surface area contributed by atoms with Crippen LogP contribution in [0.5, 0.6) is 0 Å². The molecule has 0 bridgehead atoms. The van der Waals surface area contributed by atoms with Crippen molar-refractivity contribution in [3.8, 4) is 0 Å². The Labute approximate surface area is 96.2 Å². The van der Waals surface area contributed by atoms with E-state index in [0.29, 0.717) is 11.4 Å². The molecule has 0 aliphatic rings. The molecule has 0 fully saturated rings. The minimum Gasteiger partial charge on any atom is -0.324 e. The zero-order chi connectivity index (χ0) is 12.4. The number of halogens is 2. The number of benzene rings is 1. The molecule has 0 saturated heterocycles. The molecule has 0 amide bonds. The van der Waals surface area contributed by atoms with Gasteiger partial charge in [-0.3, -0.25) is 0 Å². The summed E-state index contributed by atoms with van der Waals surface area (Å²) in [4.78, 5) is 1.30. The number of rotatable bonds is 3. The molecule has 7 heteroatoms. The third kappa shape index (κ3) is 2.82. The van der Waals surface area contributed by atoms with E-state index in [2.05, 4.69) is 15.4 Å². The third-order valence-electron chi connectivity index (χ3n) is 2.27. The molecule has 0 saturated carbocycles. The fraction of sp³-hybridized carbons (Fsp3) is 0.300. The smallest absolute Gasteiger partial charge is 0.176 e.